The molecule has 9 aromatic rings. The third-order valence-corrected chi connectivity index (χ3v) is 11.4. The predicted molar refractivity (Wildman–Crippen MR) is 226 cm³/mol. The van der Waals surface area contributed by atoms with Crippen molar-refractivity contribution in [3.8, 4) is 22.4 Å². The molecule has 8 aromatic carbocycles. The van der Waals surface area contributed by atoms with Crippen LogP contribution in [0, 0.1) is 13.8 Å². The molecule has 2 nitrogen and oxygen atoms in total. The Morgan fingerprint density at radius 1 is 0.389 bits per heavy atom. The van der Waals surface area contributed by atoms with Gasteiger partial charge in [-0.15, -0.1) is 0 Å². The molecule has 2 heteroatoms. The zero-order valence-electron chi connectivity index (χ0n) is 30.4. The van der Waals surface area contributed by atoms with Crippen LogP contribution in [0.15, 0.2) is 194 Å². The molecule has 1 aromatic heterocycles. The van der Waals surface area contributed by atoms with E-state index >= 15 is 0 Å². The normalized spacial score (nSPS) is 13.1. The van der Waals surface area contributed by atoms with Crippen molar-refractivity contribution in [3.05, 3.63) is 228 Å². The van der Waals surface area contributed by atoms with Gasteiger partial charge in [0.15, 0.2) is 0 Å². The van der Waals surface area contributed by atoms with Crippen molar-refractivity contribution in [2.75, 3.05) is 4.90 Å². The largest absolute Gasteiger partial charge is 0.310 e. The highest BCUT2D eigenvalue weighted by atomic mass is 15.2. The molecule has 54 heavy (non-hydrogen) atoms. The molecule has 0 radical (unpaired) electrons. The van der Waals surface area contributed by atoms with Crippen LogP contribution in [0.4, 0.5) is 17.1 Å². The molecule has 0 amide bonds. The first-order chi connectivity index (χ1) is 26.6. The molecule has 2 heterocycles. The van der Waals surface area contributed by atoms with Gasteiger partial charge >= 0.3 is 0 Å². The van der Waals surface area contributed by atoms with Crippen LogP contribution in [0.3, 0.4) is 0 Å². The Kier molecular flexibility index (Phi) is 7.52. The van der Waals surface area contributed by atoms with Crippen LogP contribution in [0.25, 0.3) is 44.1 Å². The van der Waals surface area contributed by atoms with Crippen molar-refractivity contribution in [1.82, 2.24) is 4.98 Å². The fraction of sp³-hybridized carbons (Fsp3) is 0.0577. The van der Waals surface area contributed by atoms with Crippen LogP contribution in [0.2, 0.25) is 0 Å². The zero-order chi connectivity index (χ0) is 36.2. The number of aromatic nitrogens is 1. The lowest BCUT2D eigenvalue weighted by Gasteiger charge is -2.47. The zero-order valence-corrected chi connectivity index (χ0v) is 30.4. The monoisotopic (exact) mass is 690 g/mol. The molecule has 0 bridgehead atoms. The SMILES string of the molecule is Cc1ccccc1C1(c2ccccc2C)c2ccccc2N(c2ccc(-c3nc4ccc(-c5ccccc5)cc4c4ccccc34)cc2)c2ccccc21. The highest BCUT2D eigenvalue weighted by Gasteiger charge is 2.47. The van der Waals surface area contributed by atoms with Gasteiger partial charge in [0.2, 0.25) is 0 Å². The average Bonchev–Trinajstić information content (AvgIpc) is 3.23. The smallest absolute Gasteiger partial charge is 0.0788 e. The molecule has 0 atom stereocenters. The summed E-state index contributed by atoms with van der Waals surface area (Å²) in [5.74, 6) is 0. The van der Waals surface area contributed by atoms with E-state index in [1.165, 1.54) is 66.7 Å². The van der Waals surface area contributed by atoms with Crippen molar-refractivity contribution in [2.45, 2.75) is 19.3 Å². The van der Waals surface area contributed by atoms with E-state index in [1.807, 2.05) is 0 Å². The lowest BCUT2D eigenvalue weighted by Crippen LogP contribution is -2.38. The quantitative estimate of drug-likeness (QED) is 0.167. The van der Waals surface area contributed by atoms with E-state index in [1.54, 1.807) is 0 Å². The number of rotatable bonds is 5. The molecular formula is C52H38N2. The second kappa shape index (κ2) is 12.7. The number of nitrogens with zero attached hydrogens (tertiary/aromatic N) is 2. The number of para-hydroxylation sites is 2. The standard InChI is InChI=1S/C52H38N2/c1-35-16-6-10-22-44(35)52(45-23-11-7-17-36(45)2)46-24-12-14-26-49(46)54(50-27-15-13-25-47(50)52)40-31-28-38(29-32-40)51-42-21-9-8-20-41(42)43-34-39(30-33-48(43)53-51)37-18-4-3-5-19-37/h3-34H,1-2H3. The highest BCUT2D eigenvalue weighted by molar-refractivity contribution is 6.12. The van der Waals surface area contributed by atoms with Crippen LogP contribution < -0.4 is 4.90 Å². The second-order valence-corrected chi connectivity index (χ2v) is 14.4. The number of hydrogen-bond acceptors (Lipinski definition) is 2. The highest BCUT2D eigenvalue weighted by Crippen LogP contribution is 2.58. The fourth-order valence-electron chi connectivity index (χ4n) is 8.99. The van der Waals surface area contributed by atoms with E-state index in [-0.39, 0.29) is 0 Å². The molecule has 0 fully saturated rings. The maximum atomic E-state index is 5.31. The number of fused-ring (bicyclic) bond motifs is 5. The summed E-state index contributed by atoms with van der Waals surface area (Å²) in [4.78, 5) is 7.76. The minimum atomic E-state index is -0.505. The number of aryl methyl sites for hydroxylation is 2. The van der Waals surface area contributed by atoms with Gasteiger partial charge in [-0.1, -0.05) is 158 Å². The van der Waals surface area contributed by atoms with Crippen molar-refractivity contribution < 1.29 is 0 Å². The minimum Gasteiger partial charge on any atom is -0.310 e. The molecular weight excluding hydrogens is 653 g/mol. The number of hydrogen-bond donors (Lipinski definition) is 0. The Hall–Kier alpha value is -6.77. The van der Waals surface area contributed by atoms with Gasteiger partial charge in [-0.25, -0.2) is 4.98 Å². The van der Waals surface area contributed by atoms with Crippen LogP contribution in [-0.4, -0.2) is 4.98 Å². The predicted octanol–water partition coefficient (Wildman–Crippen LogP) is 13.5. The van der Waals surface area contributed by atoms with E-state index in [0.29, 0.717) is 0 Å². The number of pyridine rings is 1. The molecule has 0 N–H and O–H groups in total. The number of benzene rings is 8. The van der Waals surface area contributed by atoms with Crippen molar-refractivity contribution in [1.29, 1.82) is 0 Å². The van der Waals surface area contributed by atoms with E-state index in [9.17, 15) is 0 Å². The maximum Gasteiger partial charge on any atom is 0.0788 e. The lowest BCUT2D eigenvalue weighted by molar-refractivity contribution is 0.719. The van der Waals surface area contributed by atoms with Gasteiger partial charge in [-0.3, -0.25) is 0 Å². The molecule has 0 saturated carbocycles. The Morgan fingerprint density at radius 3 is 1.50 bits per heavy atom. The molecule has 0 spiro atoms. The summed E-state index contributed by atoms with van der Waals surface area (Å²) in [6.45, 7) is 4.50. The summed E-state index contributed by atoms with van der Waals surface area (Å²) in [7, 11) is 0. The van der Waals surface area contributed by atoms with Crippen LogP contribution in [-0.2, 0) is 5.41 Å². The maximum absolute atomic E-state index is 5.31. The van der Waals surface area contributed by atoms with Gasteiger partial charge in [0.1, 0.15) is 0 Å². The first-order valence-corrected chi connectivity index (χ1v) is 18.7. The van der Waals surface area contributed by atoms with E-state index in [2.05, 4.69) is 213 Å². The first-order valence-electron chi connectivity index (χ1n) is 18.7. The summed E-state index contributed by atoms with van der Waals surface area (Å²) in [5.41, 5.74) is 16.2. The molecule has 10 rings (SSSR count). The molecule has 1 aliphatic heterocycles. The summed E-state index contributed by atoms with van der Waals surface area (Å²) >= 11 is 0. The van der Waals surface area contributed by atoms with Gasteiger partial charge in [0.25, 0.3) is 0 Å². The first kappa shape index (κ1) is 31.9. The third-order valence-electron chi connectivity index (χ3n) is 11.4. The van der Waals surface area contributed by atoms with E-state index in [4.69, 9.17) is 4.98 Å². The molecule has 0 aliphatic carbocycles. The topological polar surface area (TPSA) is 16.1 Å². The summed E-state index contributed by atoms with van der Waals surface area (Å²) in [6, 6.07) is 70.7. The van der Waals surface area contributed by atoms with Crippen molar-refractivity contribution >= 4 is 38.7 Å². The molecule has 1 aliphatic rings. The van der Waals surface area contributed by atoms with Crippen LogP contribution in [0.1, 0.15) is 33.4 Å². The summed E-state index contributed by atoms with van der Waals surface area (Å²) < 4.78 is 0. The van der Waals surface area contributed by atoms with Gasteiger partial charge < -0.3 is 4.90 Å². The Morgan fingerprint density at radius 2 is 0.889 bits per heavy atom. The average molecular weight is 691 g/mol. The van der Waals surface area contributed by atoms with Crippen molar-refractivity contribution in [2.24, 2.45) is 0 Å². The fourth-order valence-corrected chi connectivity index (χ4v) is 8.99. The third kappa shape index (κ3) is 4.84. The molecule has 0 saturated heterocycles. The summed E-state index contributed by atoms with van der Waals surface area (Å²) in [6.07, 6.45) is 0. The van der Waals surface area contributed by atoms with Crippen LogP contribution in [0.5, 0.6) is 0 Å². The Balaban J connectivity index is 1.14. The van der Waals surface area contributed by atoms with Gasteiger partial charge in [0.05, 0.1) is 28.0 Å². The Bertz CT molecular complexity index is 2760. The van der Waals surface area contributed by atoms with Crippen molar-refractivity contribution in [3.63, 3.8) is 0 Å². The van der Waals surface area contributed by atoms with Gasteiger partial charge in [0, 0.05) is 22.0 Å². The molecule has 256 valence electrons. The van der Waals surface area contributed by atoms with Crippen LogP contribution >= 0.6 is 0 Å². The van der Waals surface area contributed by atoms with Gasteiger partial charge in [-0.05, 0) is 100 Å². The van der Waals surface area contributed by atoms with E-state index < -0.39 is 5.41 Å². The summed E-state index contributed by atoms with van der Waals surface area (Å²) in [5, 5.41) is 3.53. The Labute approximate surface area is 316 Å². The minimum absolute atomic E-state index is 0.505. The lowest BCUT2D eigenvalue weighted by atomic mass is 9.60. The number of anilines is 3. The second-order valence-electron chi connectivity index (χ2n) is 14.4. The molecule has 0 unspecified atom stereocenters. The van der Waals surface area contributed by atoms with Gasteiger partial charge in [-0.2, -0.15) is 0 Å². The van der Waals surface area contributed by atoms with E-state index in [0.717, 1.165) is 27.8 Å².